The van der Waals surface area contributed by atoms with E-state index in [1.165, 1.54) is 5.56 Å². The van der Waals surface area contributed by atoms with Crippen LogP contribution in [0.4, 0.5) is 5.69 Å². The van der Waals surface area contributed by atoms with Crippen LogP contribution in [0.2, 0.25) is 0 Å². The van der Waals surface area contributed by atoms with E-state index >= 15 is 0 Å². The molecule has 0 unspecified atom stereocenters. The van der Waals surface area contributed by atoms with Crippen molar-refractivity contribution in [2.75, 3.05) is 31.6 Å². The number of ether oxygens (including phenoxy) is 1. The first kappa shape index (κ1) is 19.1. The summed E-state index contributed by atoms with van der Waals surface area (Å²) < 4.78 is 8.26. The van der Waals surface area contributed by atoms with Crippen LogP contribution in [-0.4, -0.2) is 46.9 Å². The molecule has 1 aromatic heterocycles. The summed E-state index contributed by atoms with van der Waals surface area (Å²) in [5.41, 5.74) is 4.03. The van der Waals surface area contributed by atoms with Gasteiger partial charge in [0.2, 0.25) is 5.91 Å². The highest BCUT2D eigenvalue weighted by Crippen LogP contribution is 2.20. The maximum absolute atomic E-state index is 12.3. The molecule has 1 N–H and O–H groups in total. The zero-order valence-electron chi connectivity index (χ0n) is 15.3. The smallest absolute Gasteiger partial charge is 0.226 e. The Bertz CT molecular complexity index is 769. The van der Waals surface area contributed by atoms with Crippen molar-refractivity contribution in [3.05, 3.63) is 45.7 Å². The molecule has 6 nitrogen and oxygen atoms in total. The van der Waals surface area contributed by atoms with Gasteiger partial charge in [-0.2, -0.15) is 5.10 Å². The minimum absolute atomic E-state index is 0.00259. The van der Waals surface area contributed by atoms with Crippen molar-refractivity contribution in [2.45, 2.75) is 33.4 Å². The number of anilines is 1. The zero-order valence-corrected chi connectivity index (χ0v) is 16.9. The number of morpholine rings is 1. The van der Waals surface area contributed by atoms with E-state index < -0.39 is 0 Å². The molecule has 1 fully saturated rings. The highest BCUT2D eigenvalue weighted by Gasteiger charge is 2.12. The Morgan fingerprint density at radius 3 is 2.77 bits per heavy atom. The lowest BCUT2D eigenvalue weighted by molar-refractivity contribution is -0.116. The van der Waals surface area contributed by atoms with Gasteiger partial charge in [-0.25, -0.2) is 0 Å². The maximum Gasteiger partial charge on any atom is 0.226 e. The molecule has 3 rings (SSSR count). The van der Waals surface area contributed by atoms with Crippen molar-refractivity contribution in [3.8, 4) is 0 Å². The lowest BCUT2D eigenvalue weighted by atomic mass is 10.1. The van der Waals surface area contributed by atoms with Crippen LogP contribution in [-0.2, 0) is 22.6 Å². The van der Waals surface area contributed by atoms with Gasteiger partial charge in [0.15, 0.2) is 0 Å². The Balaban J connectivity index is 1.53. The molecule has 26 heavy (non-hydrogen) atoms. The summed E-state index contributed by atoms with van der Waals surface area (Å²) in [6.45, 7) is 8.89. The topological polar surface area (TPSA) is 59.4 Å². The molecule has 0 radical (unpaired) electrons. The van der Waals surface area contributed by atoms with Gasteiger partial charge in [-0.15, -0.1) is 0 Å². The van der Waals surface area contributed by atoms with Gasteiger partial charge in [-0.05, 0) is 47.5 Å². The number of carbonyl (C=O) groups excluding carboxylic acids is 1. The highest BCUT2D eigenvalue weighted by molar-refractivity contribution is 9.10. The van der Waals surface area contributed by atoms with Gasteiger partial charge >= 0.3 is 0 Å². The third-order valence-electron chi connectivity index (χ3n) is 4.56. The molecule has 7 heteroatoms. The quantitative estimate of drug-likeness (QED) is 0.779. The minimum atomic E-state index is -0.00259. The number of aryl methyl sites for hydroxylation is 2. The van der Waals surface area contributed by atoms with Gasteiger partial charge in [0.05, 0.1) is 29.9 Å². The second-order valence-electron chi connectivity index (χ2n) is 6.60. The predicted molar refractivity (Wildman–Crippen MR) is 105 cm³/mol. The molecular weight excluding hydrogens is 396 g/mol. The molecule has 1 aliphatic heterocycles. The maximum atomic E-state index is 12.3. The van der Waals surface area contributed by atoms with Crippen LogP contribution in [0.15, 0.2) is 28.7 Å². The molecule has 0 saturated carbocycles. The number of nitrogens with one attached hydrogen (secondary N) is 1. The number of rotatable bonds is 6. The SMILES string of the molecule is Cc1nn(CCC(=O)Nc2cccc(CN3CCOCC3)c2)c(C)c1Br. The van der Waals surface area contributed by atoms with Crippen LogP contribution < -0.4 is 5.32 Å². The van der Waals surface area contributed by atoms with Crippen LogP contribution in [0.25, 0.3) is 0 Å². The number of halogens is 1. The van der Waals surface area contributed by atoms with E-state index in [1.807, 2.05) is 36.7 Å². The van der Waals surface area contributed by atoms with Gasteiger partial charge in [-0.3, -0.25) is 14.4 Å². The second kappa shape index (κ2) is 8.79. The molecule has 1 aromatic carbocycles. The summed E-state index contributed by atoms with van der Waals surface area (Å²) in [4.78, 5) is 14.7. The van der Waals surface area contributed by atoms with E-state index in [-0.39, 0.29) is 5.91 Å². The van der Waals surface area contributed by atoms with Crippen molar-refractivity contribution in [1.29, 1.82) is 0 Å². The van der Waals surface area contributed by atoms with E-state index in [9.17, 15) is 4.79 Å². The minimum Gasteiger partial charge on any atom is -0.379 e. The Hall–Kier alpha value is -1.70. The number of hydrogen-bond acceptors (Lipinski definition) is 4. The number of benzene rings is 1. The van der Waals surface area contributed by atoms with Gasteiger partial charge < -0.3 is 10.1 Å². The van der Waals surface area contributed by atoms with Crippen molar-refractivity contribution in [3.63, 3.8) is 0 Å². The number of carbonyl (C=O) groups is 1. The Labute approximate surface area is 162 Å². The van der Waals surface area contributed by atoms with Crippen LogP contribution in [0.3, 0.4) is 0 Å². The lowest BCUT2D eigenvalue weighted by Gasteiger charge is -2.26. The summed E-state index contributed by atoms with van der Waals surface area (Å²) in [5, 5.41) is 7.44. The number of aromatic nitrogens is 2. The standard InChI is InChI=1S/C19H25BrN4O2/c1-14-19(20)15(2)24(22-14)7-6-18(25)21-17-5-3-4-16(12-17)13-23-8-10-26-11-9-23/h3-5,12H,6-11,13H2,1-2H3,(H,21,25). The monoisotopic (exact) mass is 420 g/mol. The highest BCUT2D eigenvalue weighted by atomic mass is 79.9. The molecular formula is C19H25BrN4O2. The predicted octanol–water partition coefficient (Wildman–Crippen LogP) is 3.12. The fraction of sp³-hybridized carbons (Fsp3) is 0.474. The number of amides is 1. The third-order valence-corrected chi connectivity index (χ3v) is 5.71. The lowest BCUT2D eigenvalue weighted by Crippen LogP contribution is -2.35. The van der Waals surface area contributed by atoms with Gasteiger partial charge in [-0.1, -0.05) is 12.1 Å². The first-order valence-electron chi connectivity index (χ1n) is 8.91. The van der Waals surface area contributed by atoms with Crippen molar-refractivity contribution >= 4 is 27.5 Å². The van der Waals surface area contributed by atoms with Gasteiger partial charge in [0.25, 0.3) is 0 Å². The average Bonchev–Trinajstić information content (AvgIpc) is 2.88. The molecule has 0 spiro atoms. The van der Waals surface area contributed by atoms with E-state index in [1.54, 1.807) is 0 Å². The average molecular weight is 421 g/mol. The van der Waals surface area contributed by atoms with E-state index in [0.29, 0.717) is 13.0 Å². The molecule has 0 atom stereocenters. The molecule has 1 amide bonds. The van der Waals surface area contributed by atoms with Gasteiger partial charge in [0, 0.05) is 37.4 Å². The van der Waals surface area contributed by atoms with E-state index in [0.717, 1.165) is 54.4 Å². The first-order chi connectivity index (χ1) is 12.5. The van der Waals surface area contributed by atoms with Crippen molar-refractivity contribution in [2.24, 2.45) is 0 Å². The fourth-order valence-electron chi connectivity index (χ4n) is 3.09. The van der Waals surface area contributed by atoms with Crippen molar-refractivity contribution in [1.82, 2.24) is 14.7 Å². The van der Waals surface area contributed by atoms with Crippen LogP contribution >= 0.6 is 15.9 Å². The molecule has 0 aliphatic carbocycles. The normalized spacial score (nSPS) is 15.2. The summed E-state index contributed by atoms with van der Waals surface area (Å²) >= 11 is 3.51. The van der Waals surface area contributed by atoms with E-state index in [2.05, 4.69) is 37.3 Å². The Kier molecular flexibility index (Phi) is 6.45. The summed E-state index contributed by atoms with van der Waals surface area (Å²) in [6, 6.07) is 8.07. The second-order valence-corrected chi connectivity index (χ2v) is 7.39. The van der Waals surface area contributed by atoms with Crippen LogP contribution in [0.5, 0.6) is 0 Å². The largest absolute Gasteiger partial charge is 0.379 e. The summed E-state index contributed by atoms with van der Waals surface area (Å²) in [6.07, 6.45) is 0.391. The fourth-order valence-corrected chi connectivity index (χ4v) is 3.37. The Morgan fingerprint density at radius 1 is 1.31 bits per heavy atom. The molecule has 0 bridgehead atoms. The molecule has 1 aliphatic rings. The van der Waals surface area contributed by atoms with Gasteiger partial charge in [0.1, 0.15) is 0 Å². The Morgan fingerprint density at radius 2 is 2.08 bits per heavy atom. The molecule has 140 valence electrons. The summed E-state index contributed by atoms with van der Waals surface area (Å²) in [5.74, 6) is -0.00259. The van der Waals surface area contributed by atoms with Crippen molar-refractivity contribution < 1.29 is 9.53 Å². The molecule has 1 saturated heterocycles. The van der Waals surface area contributed by atoms with Crippen LogP contribution in [0.1, 0.15) is 23.4 Å². The number of hydrogen-bond donors (Lipinski definition) is 1. The molecule has 2 heterocycles. The molecule has 2 aromatic rings. The zero-order chi connectivity index (χ0) is 18.5. The third kappa shape index (κ3) is 4.93. The van der Waals surface area contributed by atoms with E-state index in [4.69, 9.17) is 4.74 Å². The first-order valence-corrected chi connectivity index (χ1v) is 9.70. The number of nitrogens with zero attached hydrogens (tertiary/aromatic N) is 3. The summed E-state index contributed by atoms with van der Waals surface area (Å²) in [7, 11) is 0. The van der Waals surface area contributed by atoms with Crippen LogP contribution in [0, 0.1) is 13.8 Å².